The van der Waals surface area contributed by atoms with Crippen LogP contribution < -0.4 is 10.6 Å². The first-order valence-electron chi connectivity index (χ1n) is 18.9. The molecule has 2 N–H and O–H groups in total. The number of nitrogens with one attached hydrogen (secondary N) is 2. The predicted molar refractivity (Wildman–Crippen MR) is 203 cm³/mol. The Morgan fingerprint density at radius 1 is 0.825 bits per heavy atom. The minimum atomic E-state index is -1.05. The molecule has 296 valence electrons. The number of nitrogens with zero attached hydrogens (tertiary/aromatic N) is 4. The number of amides is 6. The molecule has 2 saturated heterocycles. The summed E-state index contributed by atoms with van der Waals surface area (Å²) in [5, 5.41) is 5.29. The molecule has 0 radical (unpaired) electrons. The highest BCUT2D eigenvalue weighted by molar-refractivity contribution is 6.25. The number of piperidine rings is 1. The molecule has 0 aliphatic carbocycles. The molecule has 15 nitrogen and oxygen atoms in total. The van der Waals surface area contributed by atoms with E-state index >= 15 is 0 Å². The molecule has 4 heterocycles. The van der Waals surface area contributed by atoms with Gasteiger partial charge in [-0.1, -0.05) is 36.4 Å². The fourth-order valence-electron chi connectivity index (χ4n) is 7.40. The minimum absolute atomic E-state index is 0.0379. The van der Waals surface area contributed by atoms with E-state index < -0.39 is 41.4 Å². The Balaban J connectivity index is 0.789. The smallest absolute Gasteiger partial charge is 0.264 e. The van der Waals surface area contributed by atoms with Crippen LogP contribution in [0.3, 0.4) is 0 Å². The van der Waals surface area contributed by atoms with Gasteiger partial charge in [0, 0.05) is 68.1 Å². The molecule has 4 aliphatic heterocycles. The molecule has 0 saturated carbocycles. The van der Waals surface area contributed by atoms with Crippen molar-refractivity contribution in [3.8, 4) is 0 Å². The van der Waals surface area contributed by atoms with Crippen molar-refractivity contribution in [1.82, 2.24) is 20.0 Å². The van der Waals surface area contributed by atoms with E-state index in [1.165, 1.54) is 18.2 Å². The van der Waals surface area contributed by atoms with Gasteiger partial charge < -0.3 is 24.6 Å². The van der Waals surface area contributed by atoms with Crippen molar-refractivity contribution in [1.29, 1.82) is 0 Å². The molecular weight excluding hydrogens is 739 g/mol. The SMILES string of the molecule is O=C1CCC(N2C(=O)c3cccc(NCCOCCOCCC(=O)N4CCN(C(=O)c5cc(CC6=NCC(=O)c7ccccc76)ccc5F)CC4)c3C2=O)C(=O)N1. The number of aliphatic imine (C=N–C) groups is 1. The number of piperazine rings is 1. The van der Waals surface area contributed by atoms with Crippen LogP contribution in [-0.4, -0.2) is 133 Å². The van der Waals surface area contributed by atoms with Crippen LogP contribution in [0.25, 0.3) is 0 Å². The maximum atomic E-state index is 14.9. The largest absolute Gasteiger partial charge is 0.382 e. The highest BCUT2D eigenvalue weighted by Gasteiger charge is 2.45. The number of fused-ring (bicyclic) bond motifs is 2. The Labute approximate surface area is 327 Å². The first-order valence-corrected chi connectivity index (χ1v) is 18.9. The summed E-state index contributed by atoms with van der Waals surface area (Å²) in [7, 11) is 0. The van der Waals surface area contributed by atoms with Crippen molar-refractivity contribution in [2.75, 3.05) is 71.0 Å². The van der Waals surface area contributed by atoms with E-state index in [9.17, 15) is 38.0 Å². The third-order valence-electron chi connectivity index (χ3n) is 10.4. The van der Waals surface area contributed by atoms with Crippen LogP contribution in [0.4, 0.5) is 10.1 Å². The van der Waals surface area contributed by atoms with Crippen molar-refractivity contribution in [2.45, 2.75) is 31.7 Å². The van der Waals surface area contributed by atoms with Crippen LogP contribution in [0.5, 0.6) is 0 Å². The number of ketones is 1. The second-order valence-corrected chi connectivity index (χ2v) is 14.0. The Morgan fingerprint density at radius 2 is 1.54 bits per heavy atom. The minimum Gasteiger partial charge on any atom is -0.382 e. The monoisotopic (exact) mass is 780 g/mol. The van der Waals surface area contributed by atoms with Crippen LogP contribution in [0.15, 0.2) is 65.7 Å². The fraction of sp³-hybridized carbons (Fsp3) is 0.366. The fourth-order valence-corrected chi connectivity index (χ4v) is 7.40. The van der Waals surface area contributed by atoms with Crippen LogP contribution in [0, 0.1) is 5.82 Å². The van der Waals surface area contributed by atoms with E-state index in [1.807, 2.05) is 12.1 Å². The van der Waals surface area contributed by atoms with Crippen LogP contribution in [0.1, 0.15) is 71.8 Å². The van der Waals surface area contributed by atoms with Crippen molar-refractivity contribution in [3.05, 3.63) is 99.9 Å². The molecule has 4 aliphatic rings. The van der Waals surface area contributed by atoms with Crippen molar-refractivity contribution in [2.24, 2.45) is 4.99 Å². The zero-order valence-electron chi connectivity index (χ0n) is 31.1. The maximum Gasteiger partial charge on any atom is 0.264 e. The maximum absolute atomic E-state index is 14.9. The average Bonchev–Trinajstić information content (AvgIpc) is 3.47. The highest BCUT2D eigenvalue weighted by atomic mass is 19.1. The summed E-state index contributed by atoms with van der Waals surface area (Å²) < 4.78 is 26.1. The number of hydrogen-bond donors (Lipinski definition) is 2. The number of hydrogen-bond acceptors (Lipinski definition) is 11. The van der Waals surface area contributed by atoms with Gasteiger partial charge >= 0.3 is 0 Å². The lowest BCUT2D eigenvalue weighted by Crippen LogP contribution is -2.54. The van der Waals surface area contributed by atoms with Gasteiger partial charge in [-0.2, -0.15) is 0 Å². The standard InChI is InChI=1S/C41H41FN6O9/c42-30-9-8-25(23-32-26-4-1-2-5-27(26)34(49)24-44-32)22-29(30)39(53)47-16-14-46(15-17-47)36(51)12-18-56-20-21-57-19-13-43-31-7-3-6-28-37(31)41(55)48(40(28)54)33-10-11-35(50)45-38(33)52/h1-9,22,33,43H,10-21,23-24H2,(H,45,50,52). The molecule has 0 aromatic heterocycles. The molecule has 3 aromatic carbocycles. The number of imide groups is 2. The third-order valence-corrected chi connectivity index (χ3v) is 10.4. The van der Waals surface area contributed by atoms with Crippen molar-refractivity contribution >= 4 is 52.6 Å². The Morgan fingerprint density at radius 3 is 2.32 bits per heavy atom. The highest BCUT2D eigenvalue weighted by Crippen LogP contribution is 2.32. The van der Waals surface area contributed by atoms with Gasteiger partial charge in [-0.15, -0.1) is 0 Å². The third kappa shape index (κ3) is 8.51. The van der Waals surface area contributed by atoms with E-state index in [1.54, 1.807) is 40.1 Å². The summed E-state index contributed by atoms with van der Waals surface area (Å²) in [6.45, 7) is 2.43. The zero-order chi connectivity index (χ0) is 40.1. The Hall–Kier alpha value is -6.13. The number of carbonyl (C=O) groups excluding carboxylic acids is 7. The van der Waals surface area contributed by atoms with E-state index in [0.717, 1.165) is 10.5 Å². The van der Waals surface area contributed by atoms with Gasteiger partial charge in [0.15, 0.2) is 5.78 Å². The first kappa shape index (κ1) is 39.1. The van der Waals surface area contributed by atoms with Gasteiger partial charge in [0.2, 0.25) is 17.7 Å². The lowest BCUT2D eigenvalue weighted by molar-refractivity contribution is -0.136. The van der Waals surface area contributed by atoms with Gasteiger partial charge in [0.05, 0.1) is 49.5 Å². The number of ether oxygens (including phenoxy) is 2. The topological polar surface area (TPSA) is 184 Å². The summed E-state index contributed by atoms with van der Waals surface area (Å²) in [6, 6.07) is 15.4. The molecular formula is C41H41FN6O9. The van der Waals surface area contributed by atoms with E-state index in [-0.39, 0.29) is 93.7 Å². The van der Waals surface area contributed by atoms with E-state index in [4.69, 9.17) is 9.47 Å². The Kier molecular flexibility index (Phi) is 11.9. The lowest BCUT2D eigenvalue weighted by Gasteiger charge is -2.35. The van der Waals surface area contributed by atoms with Gasteiger partial charge in [-0.05, 0) is 36.2 Å². The number of anilines is 1. The second-order valence-electron chi connectivity index (χ2n) is 14.0. The van der Waals surface area contributed by atoms with Gasteiger partial charge in [-0.3, -0.25) is 48.8 Å². The van der Waals surface area contributed by atoms with Crippen molar-refractivity contribution < 1.29 is 47.4 Å². The normalized spacial score (nSPS) is 18.0. The number of benzene rings is 3. The number of rotatable bonds is 14. The van der Waals surface area contributed by atoms with E-state index in [0.29, 0.717) is 48.6 Å². The van der Waals surface area contributed by atoms with Gasteiger partial charge in [0.1, 0.15) is 18.4 Å². The molecule has 0 spiro atoms. The van der Waals surface area contributed by atoms with Gasteiger partial charge in [0.25, 0.3) is 17.7 Å². The van der Waals surface area contributed by atoms with E-state index in [2.05, 4.69) is 15.6 Å². The molecule has 1 atom stereocenters. The summed E-state index contributed by atoms with van der Waals surface area (Å²) in [4.78, 5) is 97.2. The number of carbonyl (C=O) groups is 7. The molecule has 57 heavy (non-hydrogen) atoms. The quantitative estimate of drug-likeness (QED) is 0.182. The molecule has 6 amide bonds. The Bertz CT molecular complexity index is 2170. The summed E-state index contributed by atoms with van der Waals surface area (Å²) in [6.07, 6.45) is 0.601. The molecule has 16 heteroatoms. The molecule has 0 bridgehead atoms. The number of Topliss-reactive ketones (excluding diaryl/α,β-unsaturated/α-hetero) is 1. The van der Waals surface area contributed by atoms with Gasteiger partial charge in [-0.25, -0.2) is 4.39 Å². The molecule has 2 fully saturated rings. The number of halogens is 1. The van der Waals surface area contributed by atoms with Crippen LogP contribution in [0.2, 0.25) is 0 Å². The lowest BCUT2D eigenvalue weighted by atomic mass is 9.92. The zero-order valence-corrected chi connectivity index (χ0v) is 31.1. The summed E-state index contributed by atoms with van der Waals surface area (Å²) >= 11 is 0. The van der Waals surface area contributed by atoms with Crippen LogP contribution >= 0.6 is 0 Å². The first-order chi connectivity index (χ1) is 27.6. The molecule has 3 aromatic rings. The summed E-state index contributed by atoms with van der Waals surface area (Å²) in [5.41, 5.74) is 3.49. The van der Waals surface area contributed by atoms with Crippen LogP contribution in [-0.2, 0) is 30.3 Å². The molecule has 1 unspecified atom stereocenters. The van der Waals surface area contributed by atoms with Crippen molar-refractivity contribution in [3.63, 3.8) is 0 Å². The average molecular weight is 781 g/mol. The predicted octanol–water partition coefficient (Wildman–Crippen LogP) is 2.27. The summed E-state index contributed by atoms with van der Waals surface area (Å²) in [5.74, 6) is -3.54. The molecule has 7 rings (SSSR count). The second kappa shape index (κ2) is 17.3.